The summed E-state index contributed by atoms with van der Waals surface area (Å²) < 4.78 is 5.34. The molecule has 0 bridgehead atoms. The molecular formula is C15H24ClN3O2. The first kappa shape index (κ1) is 17.9. The summed E-state index contributed by atoms with van der Waals surface area (Å²) in [5.74, 6) is -0.0443. The van der Waals surface area contributed by atoms with Crippen LogP contribution < -0.4 is 10.6 Å². The Morgan fingerprint density at radius 3 is 2.57 bits per heavy atom. The number of nitrogens with one attached hydrogen (secondary N) is 2. The second kappa shape index (κ2) is 8.34. The van der Waals surface area contributed by atoms with Gasteiger partial charge >= 0.3 is 0 Å². The van der Waals surface area contributed by atoms with Gasteiger partial charge < -0.3 is 20.3 Å². The minimum absolute atomic E-state index is 0. The van der Waals surface area contributed by atoms with Gasteiger partial charge in [-0.2, -0.15) is 0 Å². The average molecular weight is 314 g/mol. The van der Waals surface area contributed by atoms with Crippen molar-refractivity contribution in [3.63, 3.8) is 0 Å². The van der Waals surface area contributed by atoms with E-state index in [0.29, 0.717) is 5.56 Å². The summed E-state index contributed by atoms with van der Waals surface area (Å²) in [6, 6.07) is 7.77. The minimum atomic E-state index is -0.0443. The van der Waals surface area contributed by atoms with E-state index in [-0.39, 0.29) is 30.5 Å². The molecule has 1 aliphatic rings. The molecule has 0 aromatic heterocycles. The predicted octanol–water partition coefficient (Wildman–Crippen LogP) is 0.887. The zero-order chi connectivity index (χ0) is 14.5. The number of benzene rings is 1. The van der Waals surface area contributed by atoms with Crippen LogP contribution in [0.4, 0.5) is 0 Å². The Hall–Kier alpha value is -1.14. The van der Waals surface area contributed by atoms with Gasteiger partial charge in [0.25, 0.3) is 5.91 Å². The van der Waals surface area contributed by atoms with Gasteiger partial charge in [0.1, 0.15) is 0 Å². The van der Waals surface area contributed by atoms with E-state index in [1.165, 1.54) is 5.56 Å². The van der Waals surface area contributed by atoms with Crippen molar-refractivity contribution in [2.75, 3.05) is 34.3 Å². The van der Waals surface area contributed by atoms with Crippen LogP contribution in [0.1, 0.15) is 15.9 Å². The molecule has 0 saturated carbocycles. The van der Waals surface area contributed by atoms with Crippen molar-refractivity contribution in [3.05, 3.63) is 35.4 Å². The van der Waals surface area contributed by atoms with Crippen LogP contribution in [-0.2, 0) is 11.3 Å². The molecular weight excluding hydrogens is 290 g/mol. The number of hydrogen-bond donors (Lipinski definition) is 2. The fourth-order valence-corrected chi connectivity index (χ4v) is 2.42. The van der Waals surface area contributed by atoms with Gasteiger partial charge in [-0.15, -0.1) is 12.4 Å². The Bertz CT molecular complexity index is 451. The summed E-state index contributed by atoms with van der Waals surface area (Å²) >= 11 is 0. The van der Waals surface area contributed by atoms with Crippen LogP contribution in [0.25, 0.3) is 0 Å². The first-order chi connectivity index (χ1) is 9.60. The average Bonchev–Trinajstić information content (AvgIpc) is 2.86. The van der Waals surface area contributed by atoms with E-state index in [9.17, 15) is 4.79 Å². The molecule has 1 aliphatic heterocycles. The lowest BCUT2D eigenvalue weighted by Crippen LogP contribution is -2.43. The van der Waals surface area contributed by atoms with Gasteiger partial charge in [0.2, 0.25) is 0 Å². The molecule has 0 spiro atoms. The van der Waals surface area contributed by atoms with Crippen LogP contribution in [0.5, 0.6) is 0 Å². The van der Waals surface area contributed by atoms with Crippen molar-refractivity contribution < 1.29 is 9.53 Å². The van der Waals surface area contributed by atoms with Crippen LogP contribution in [0.2, 0.25) is 0 Å². The number of nitrogens with zero attached hydrogens (tertiary/aromatic N) is 1. The van der Waals surface area contributed by atoms with Gasteiger partial charge in [0.15, 0.2) is 0 Å². The Kier molecular flexibility index (Phi) is 7.11. The Labute approximate surface area is 132 Å². The molecule has 1 aromatic carbocycles. The fourth-order valence-electron chi connectivity index (χ4n) is 2.42. The van der Waals surface area contributed by atoms with Gasteiger partial charge in [0, 0.05) is 32.3 Å². The number of carbonyl (C=O) groups is 1. The molecule has 1 saturated heterocycles. The van der Waals surface area contributed by atoms with Gasteiger partial charge in [-0.05, 0) is 31.8 Å². The molecule has 1 heterocycles. The third-order valence-electron chi connectivity index (χ3n) is 3.49. The van der Waals surface area contributed by atoms with E-state index in [2.05, 4.69) is 15.5 Å². The van der Waals surface area contributed by atoms with Crippen LogP contribution in [-0.4, -0.2) is 57.2 Å². The lowest BCUT2D eigenvalue weighted by Gasteiger charge is -2.18. The number of rotatable bonds is 5. The van der Waals surface area contributed by atoms with Gasteiger partial charge in [-0.25, -0.2) is 0 Å². The molecule has 2 N–H and O–H groups in total. The Morgan fingerprint density at radius 1 is 1.33 bits per heavy atom. The quantitative estimate of drug-likeness (QED) is 0.847. The summed E-state index contributed by atoms with van der Waals surface area (Å²) in [5, 5.41) is 6.24. The first-order valence-electron chi connectivity index (χ1n) is 6.88. The third kappa shape index (κ3) is 4.97. The molecule has 1 amide bonds. The Balaban J connectivity index is 0.00000220. The third-order valence-corrected chi connectivity index (χ3v) is 3.49. The molecule has 2 unspecified atom stereocenters. The summed E-state index contributed by atoms with van der Waals surface area (Å²) in [4.78, 5) is 14.3. The summed E-state index contributed by atoms with van der Waals surface area (Å²) in [7, 11) is 5.73. The number of halogens is 1. The van der Waals surface area contributed by atoms with E-state index in [1.807, 2.05) is 38.4 Å². The van der Waals surface area contributed by atoms with E-state index < -0.39 is 0 Å². The lowest BCUT2D eigenvalue weighted by molar-refractivity contribution is 0.0780. The molecule has 2 rings (SSSR count). The van der Waals surface area contributed by atoms with E-state index >= 15 is 0 Å². The topological polar surface area (TPSA) is 53.6 Å². The second-order valence-electron chi connectivity index (χ2n) is 5.45. The van der Waals surface area contributed by atoms with Crippen LogP contribution in [0.15, 0.2) is 24.3 Å². The smallest absolute Gasteiger partial charge is 0.251 e. The number of amides is 1. The zero-order valence-electron chi connectivity index (χ0n) is 12.8. The largest absolute Gasteiger partial charge is 0.378 e. The summed E-state index contributed by atoms with van der Waals surface area (Å²) in [6.45, 7) is 2.41. The monoisotopic (exact) mass is 313 g/mol. The predicted molar refractivity (Wildman–Crippen MR) is 86.0 cm³/mol. The molecule has 2 atom stereocenters. The minimum Gasteiger partial charge on any atom is -0.378 e. The highest BCUT2D eigenvalue weighted by Crippen LogP contribution is 2.09. The molecule has 0 aliphatic carbocycles. The first-order valence-corrected chi connectivity index (χ1v) is 6.88. The molecule has 6 heteroatoms. The molecule has 0 radical (unpaired) electrons. The van der Waals surface area contributed by atoms with Crippen molar-refractivity contribution in [1.29, 1.82) is 0 Å². The van der Waals surface area contributed by atoms with Crippen LogP contribution >= 0.6 is 12.4 Å². The molecule has 21 heavy (non-hydrogen) atoms. The van der Waals surface area contributed by atoms with Crippen LogP contribution in [0.3, 0.4) is 0 Å². The van der Waals surface area contributed by atoms with E-state index in [0.717, 1.165) is 19.6 Å². The van der Waals surface area contributed by atoms with Crippen molar-refractivity contribution in [2.45, 2.75) is 18.7 Å². The normalized spacial score (nSPS) is 21.1. The van der Waals surface area contributed by atoms with Crippen LogP contribution in [0, 0.1) is 0 Å². The standard InChI is InChI=1S/C15H23N3O2.ClH/c1-18(2)10-11-4-6-12(7-5-11)15(19)17-13-8-16-9-14(13)20-3;/h4-7,13-14,16H,8-10H2,1-3H3,(H,17,19);1H. The molecule has 118 valence electrons. The molecule has 1 aromatic rings. The highest BCUT2D eigenvalue weighted by atomic mass is 35.5. The van der Waals surface area contributed by atoms with E-state index in [1.54, 1.807) is 7.11 Å². The van der Waals surface area contributed by atoms with Gasteiger partial charge in [0.05, 0.1) is 12.1 Å². The van der Waals surface area contributed by atoms with Crippen molar-refractivity contribution in [1.82, 2.24) is 15.5 Å². The SMILES string of the molecule is COC1CNCC1NC(=O)c1ccc(CN(C)C)cc1.Cl. The van der Waals surface area contributed by atoms with E-state index in [4.69, 9.17) is 4.74 Å². The highest BCUT2D eigenvalue weighted by molar-refractivity contribution is 5.94. The maximum Gasteiger partial charge on any atom is 0.251 e. The van der Waals surface area contributed by atoms with Gasteiger partial charge in [-0.3, -0.25) is 4.79 Å². The maximum absolute atomic E-state index is 12.2. The second-order valence-corrected chi connectivity index (χ2v) is 5.45. The number of hydrogen-bond acceptors (Lipinski definition) is 4. The van der Waals surface area contributed by atoms with Crippen molar-refractivity contribution in [2.24, 2.45) is 0 Å². The summed E-state index contributed by atoms with van der Waals surface area (Å²) in [6.07, 6.45) is 0.0481. The molecule has 1 fully saturated rings. The number of ether oxygens (including phenoxy) is 1. The maximum atomic E-state index is 12.2. The lowest BCUT2D eigenvalue weighted by atomic mass is 10.1. The zero-order valence-corrected chi connectivity index (χ0v) is 13.6. The number of methoxy groups -OCH3 is 1. The molecule has 5 nitrogen and oxygen atoms in total. The summed E-state index contributed by atoms with van der Waals surface area (Å²) in [5.41, 5.74) is 1.89. The Morgan fingerprint density at radius 2 is 2.00 bits per heavy atom. The van der Waals surface area contributed by atoms with Crippen molar-refractivity contribution >= 4 is 18.3 Å². The fraction of sp³-hybridized carbons (Fsp3) is 0.533. The number of carbonyl (C=O) groups excluding carboxylic acids is 1. The highest BCUT2D eigenvalue weighted by Gasteiger charge is 2.28. The van der Waals surface area contributed by atoms with Crippen molar-refractivity contribution in [3.8, 4) is 0 Å². The van der Waals surface area contributed by atoms with Gasteiger partial charge in [-0.1, -0.05) is 12.1 Å².